The molecule has 4 aromatic rings. The summed E-state index contributed by atoms with van der Waals surface area (Å²) in [6, 6.07) is 26.4. The lowest BCUT2D eigenvalue weighted by Crippen LogP contribution is -2.33. The molecule has 0 aliphatic heterocycles. The van der Waals surface area contributed by atoms with Crippen molar-refractivity contribution in [2.45, 2.75) is 43.0 Å². The van der Waals surface area contributed by atoms with Gasteiger partial charge in [-0.05, 0) is 83.0 Å². The fourth-order valence-corrected chi connectivity index (χ4v) is 6.20. The highest BCUT2D eigenvalue weighted by Gasteiger charge is 2.21. The predicted molar refractivity (Wildman–Crippen MR) is 148 cm³/mol. The van der Waals surface area contributed by atoms with E-state index in [2.05, 4.69) is 10.0 Å². The first kappa shape index (κ1) is 25.5. The number of sulfonamides is 1. The number of carbonyl (C=O) groups is 1. The van der Waals surface area contributed by atoms with Crippen LogP contribution in [0.3, 0.4) is 0 Å². The summed E-state index contributed by atoms with van der Waals surface area (Å²) in [4.78, 5) is 13.3. The van der Waals surface area contributed by atoms with Crippen LogP contribution in [0.4, 0.5) is 0 Å². The van der Waals surface area contributed by atoms with Crippen molar-refractivity contribution in [3.8, 4) is 0 Å². The molecule has 1 amide bonds. The number of benzene rings is 4. The van der Waals surface area contributed by atoms with Gasteiger partial charge in [0, 0.05) is 18.0 Å². The molecule has 0 saturated heterocycles. The third-order valence-corrected chi connectivity index (χ3v) is 8.63. The fraction of sp³-hybridized carbons (Fsp3) is 0.233. The summed E-state index contributed by atoms with van der Waals surface area (Å²) in [5.74, 6) is -0.249. The van der Waals surface area contributed by atoms with E-state index < -0.39 is 16.1 Å². The zero-order chi connectivity index (χ0) is 25.8. The highest BCUT2D eigenvalue weighted by atomic mass is 35.5. The Kier molecular flexibility index (Phi) is 7.60. The molecule has 5 nitrogen and oxygen atoms in total. The second-order valence-corrected chi connectivity index (χ2v) is 11.6. The second-order valence-electron chi connectivity index (χ2n) is 9.41. The van der Waals surface area contributed by atoms with Crippen LogP contribution in [0.15, 0.2) is 89.8 Å². The molecular weight excluding hydrogens is 504 g/mol. The van der Waals surface area contributed by atoms with E-state index in [9.17, 15) is 13.2 Å². The van der Waals surface area contributed by atoms with E-state index >= 15 is 0 Å². The lowest BCUT2D eigenvalue weighted by molar-refractivity contribution is -0.121. The van der Waals surface area contributed by atoms with Gasteiger partial charge in [0.25, 0.3) is 0 Å². The first-order valence-electron chi connectivity index (χ1n) is 12.5. The molecule has 1 atom stereocenters. The molecule has 1 aliphatic carbocycles. The molecule has 2 N–H and O–H groups in total. The number of hydrogen-bond donors (Lipinski definition) is 2. The highest BCUT2D eigenvalue weighted by molar-refractivity contribution is 7.89. The molecule has 37 heavy (non-hydrogen) atoms. The molecule has 0 bridgehead atoms. The van der Waals surface area contributed by atoms with Crippen LogP contribution in [0.1, 0.15) is 47.6 Å². The molecule has 0 saturated carbocycles. The molecular formula is C30H29ClN2O3S. The van der Waals surface area contributed by atoms with Crippen LogP contribution in [-0.2, 0) is 27.7 Å². The molecule has 1 unspecified atom stereocenters. The van der Waals surface area contributed by atoms with Crippen LogP contribution in [0.25, 0.3) is 10.8 Å². The van der Waals surface area contributed by atoms with Crippen molar-refractivity contribution < 1.29 is 13.2 Å². The zero-order valence-corrected chi connectivity index (χ0v) is 22.0. The van der Waals surface area contributed by atoms with Crippen LogP contribution in [-0.4, -0.2) is 20.9 Å². The van der Waals surface area contributed by atoms with Gasteiger partial charge in [-0.1, -0.05) is 72.3 Å². The van der Waals surface area contributed by atoms with Crippen molar-refractivity contribution in [3.05, 3.63) is 112 Å². The zero-order valence-electron chi connectivity index (χ0n) is 20.4. The van der Waals surface area contributed by atoms with Crippen molar-refractivity contribution in [2.75, 3.05) is 6.54 Å². The third kappa shape index (κ3) is 5.87. The minimum absolute atomic E-state index is 0.00806. The molecule has 0 spiro atoms. The topological polar surface area (TPSA) is 75.3 Å². The Morgan fingerprint density at radius 3 is 2.41 bits per heavy atom. The maximum atomic E-state index is 13.0. The summed E-state index contributed by atoms with van der Waals surface area (Å²) in [6.45, 7) is 0.00806. The summed E-state index contributed by atoms with van der Waals surface area (Å²) >= 11 is 6.11. The van der Waals surface area contributed by atoms with Crippen molar-refractivity contribution >= 4 is 38.3 Å². The summed E-state index contributed by atoms with van der Waals surface area (Å²) in [7, 11) is -3.70. The van der Waals surface area contributed by atoms with Crippen molar-refractivity contribution in [2.24, 2.45) is 0 Å². The summed E-state index contributed by atoms with van der Waals surface area (Å²) < 4.78 is 28.4. The third-order valence-electron chi connectivity index (χ3n) is 6.92. The van der Waals surface area contributed by atoms with Crippen molar-refractivity contribution in [1.82, 2.24) is 10.0 Å². The van der Waals surface area contributed by atoms with Gasteiger partial charge in [0.05, 0.1) is 10.9 Å². The van der Waals surface area contributed by atoms with Gasteiger partial charge >= 0.3 is 0 Å². The monoisotopic (exact) mass is 532 g/mol. The molecule has 190 valence electrons. The van der Waals surface area contributed by atoms with E-state index in [1.54, 1.807) is 24.3 Å². The van der Waals surface area contributed by atoms with Gasteiger partial charge in [-0.3, -0.25) is 4.79 Å². The van der Waals surface area contributed by atoms with E-state index in [0.717, 1.165) is 53.1 Å². The molecule has 0 radical (unpaired) electrons. The first-order chi connectivity index (χ1) is 17.9. The van der Waals surface area contributed by atoms with Gasteiger partial charge in [0.15, 0.2) is 0 Å². The largest absolute Gasteiger partial charge is 0.345 e. The normalized spacial score (nSPS) is 14.2. The van der Waals surface area contributed by atoms with Gasteiger partial charge in [-0.2, -0.15) is 0 Å². The Balaban J connectivity index is 1.31. The lowest BCUT2D eigenvalue weighted by atomic mass is 9.92. The van der Waals surface area contributed by atoms with Crippen molar-refractivity contribution in [3.63, 3.8) is 0 Å². The van der Waals surface area contributed by atoms with Gasteiger partial charge < -0.3 is 5.32 Å². The number of aryl methyl sites for hydroxylation is 2. The smallest absolute Gasteiger partial charge is 0.240 e. The van der Waals surface area contributed by atoms with Crippen molar-refractivity contribution in [1.29, 1.82) is 0 Å². The average molecular weight is 533 g/mol. The Bertz CT molecular complexity index is 1530. The number of hydrogen-bond acceptors (Lipinski definition) is 3. The molecule has 7 heteroatoms. The Hall–Kier alpha value is -3.19. The maximum Gasteiger partial charge on any atom is 0.240 e. The van der Waals surface area contributed by atoms with Crippen LogP contribution >= 0.6 is 11.6 Å². The summed E-state index contributed by atoms with van der Waals surface area (Å²) in [6.07, 6.45) is 4.13. The van der Waals surface area contributed by atoms with E-state index in [1.165, 1.54) is 5.56 Å². The lowest BCUT2D eigenvalue weighted by Gasteiger charge is -2.22. The molecule has 0 aromatic heterocycles. The molecule has 0 heterocycles. The van der Waals surface area contributed by atoms with Gasteiger partial charge in [-0.15, -0.1) is 0 Å². The second kappa shape index (κ2) is 11.1. The molecule has 0 fully saturated rings. The minimum atomic E-state index is -3.70. The first-order valence-corrected chi connectivity index (χ1v) is 14.4. The molecule has 4 aromatic carbocycles. The Morgan fingerprint density at radius 1 is 0.865 bits per heavy atom. The minimum Gasteiger partial charge on any atom is -0.345 e. The highest BCUT2D eigenvalue weighted by Crippen LogP contribution is 2.30. The summed E-state index contributed by atoms with van der Waals surface area (Å²) in [5, 5.41) is 5.84. The average Bonchev–Trinajstić information content (AvgIpc) is 2.91. The van der Waals surface area contributed by atoms with E-state index in [4.69, 9.17) is 11.6 Å². The number of halogens is 1. The number of rotatable bonds is 8. The van der Waals surface area contributed by atoms with Crippen LogP contribution in [0.5, 0.6) is 0 Å². The van der Waals surface area contributed by atoms with Gasteiger partial charge in [0.2, 0.25) is 15.9 Å². The number of fused-ring (bicyclic) bond motifs is 2. The maximum absolute atomic E-state index is 13.0. The molecule has 5 rings (SSSR count). The van der Waals surface area contributed by atoms with Crippen LogP contribution in [0.2, 0.25) is 5.02 Å². The van der Waals surface area contributed by atoms with Gasteiger partial charge in [0.1, 0.15) is 0 Å². The fourth-order valence-electron chi connectivity index (χ4n) is 4.99. The SMILES string of the molecule is O=C(CCNS(=O)(=O)c1ccc2c(c1)CCCC2)NC(c1ccc(Cl)cc1)c1cccc2ccccc12. The Labute approximate surface area is 222 Å². The number of carbonyl (C=O) groups excluding carboxylic acids is 1. The van der Waals surface area contributed by atoms with Gasteiger partial charge in [-0.25, -0.2) is 13.1 Å². The van der Waals surface area contributed by atoms with E-state index in [-0.39, 0.29) is 23.8 Å². The van der Waals surface area contributed by atoms with E-state index in [1.807, 2.05) is 60.7 Å². The standard InChI is InChI=1S/C30H29ClN2O3S/c31-25-15-12-23(13-16-25)30(28-11-5-9-22-7-3-4-10-27(22)28)33-29(34)18-19-32-37(35,36)26-17-14-21-6-1-2-8-24(21)20-26/h3-5,7,9-17,20,30,32H,1-2,6,8,18-19H2,(H,33,34). The summed E-state index contributed by atoms with van der Waals surface area (Å²) in [5.41, 5.74) is 4.19. The number of nitrogens with one attached hydrogen (secondary N) is 2. The van der Waals surface area contributed by atoms with Crippen LogP contribution in [0, 0.1) is 0 Å². The molecule has 1 aliphatic rings. The predicted octanol–water partition coefficient (Wildman–Crippen LogP) is 5.95. The quantitative estimate of drug-likeness (QED) is 0.294. The Morgan fingerprint density at radius 2 is 1.59 bits per heavy atom. The number of amides is 1. The van der Waals surface area contributed by atoms with Crippen LogP contribution < -0.4 is 10.0 Å². The van der Waals surface area contributed by atoms with E-state index in [0.29, 0.717) is 5.02 Å².